The molecule has 0 atom stereocenters. The lowest BCUT2D eigenvalue weighted by atomic mass is 10.1. The SMILES string of the molecule is CCCCOC(=O)c1ccc(OC(=O)c2ccc(C)c(N)c2)cc1. The summed E-state index contributed by atoms with van der Waals surface area (Å²) in [6.07, 6.45) is 1.80. The van der Waals surface area contributed by atoms with Gasteiger partial charge in [0, 0.05) is 5.69 Å². The van der Waals surface area contributed by atoms with E-state index in [-0.39, 0.29) is 5.97 Å². The van der Waals surface area contributed by atoms with Crippen LogP contribution in [-0.2, 0) is 4.74 Å². The number of anilines is 1. The molecule has 2 aromatic carbocycles. The zero-order valence-electron chi connectivity index (χ0n) is 13.9. The van der Waals surface area contributed by atoms with Gasteiger partial charge in [-0.1, -0.05) is 19.4 Å². The molecule has 0 radical (unpaired) electrons. The second-order valence-electron chi connectivity index (χ2n) is 5.47. The Labute approximate surface area is 141 Å². The van der Waals surface area contributed by atoms with Gasteiger partial charge in [-0.15, -0.1) is 0 Å². The Kier molecular flexibility index (Phi) is 5.95. The van der Waals surface area contributed by atoms with Gasteiger partial charge in [0.1, 0.15) is 5.75 Å². The van der Waals surface area contributed by atoms with Gasteiger partial charge in [0.05, 0.1) is 17.7 Å². The molecule has 0 aromatic heterocycles. The molecule has 0 unspecified atom stereocenters. The Morgan fingerprint density at radius 2 is 1.67 bits per heavy atom. The summed E-state index contributed by atoms with van der Waals surface area (Å²) in [5.74, 6) is -0.531. The molecule has 2 N–H and O–H groups in total. The number of carbonyl (C=O) groups is 2. The van der Waals surface area contributed by atoms with E-state index in [0.717, 1.165) is 18.4 Å². The van der Waals surface area contributed by atoms with Gasteiger partial charge < -0.3 is 15.2 Å². The van der Waals surface area contributed by atoms with Crippen LogP contribution in [0.1, 0.15) is 46.0 Å². The second-order valence-corrected chi connectivity index (χ2v) is 5.47. The number of hydrogen-bond acceptors (Lipinski definition) is 5. The molecule has 0 bridgehead atoms. The fourth-order valence-corrected chi connectivity index (χ4v) is 1.99. The highest BCUT2D eigenvalue weighted by Crippen LogP contribution is 2.17. The minimum absolute atomic E-state index is 0.351. The van der Waals surface area contributed by atoms with Gasteiger partial charge in [-0.25, -0.2) is 9.59 Å². The third-order valence-corrected chi connectivity index (χ3v) is 3.55. The van der Waals surface area contributed by atoms with Gasteiger partial charge in [-0.05, 0) is 55.3 Å². The molecule has 0 fully saturated rings. The van der Waals surface area contributed by atoms with Crippen molar-refractivity contribution in [2.24, 2.45) is 0 Å². The van der Waals surface area contributed by atoms with Crippen LogP contribution in [0.2, 0.25) is 0 Å². The van der Waals surface area contributed by atoms with Gasteiger partial charge in [0.15, 0.2) is 0 Å². The molecular weight excluding hydrogens is 306 g/mol. The molecule has 0 saturated heterocycles. The number of aryl methyl sites for hydroxylation is 1. The van der Waals surface area contributed by atoms with Crippen LogP contribution in [-0.4, -0.2) is 18.5 Å². The molecular formula is C19H21NO4. The van der Waals surface area contributed by atoms with Crippen LogP contribution in [0.25, 0.3) is 0 Å². The Balaban J connectivity index is 1.99. The summed E-state index contributed by atoms with van der Waals surface area (Å²) < 4.78 is 10.4. The van der Waals surface area contributed by atoms with E-state index in [1.807, 2.05) is 13.8 Å². The summed E-state index contributed by atoms with van der Waals surface area (Å²) in [6.45, 7) is 4.29. The maximum absolute atomic E-state index is 12.1. The number of nitrogen functional groups attached to an aromatic ring is 1. The molecule has 0 heterocycles. The van der Waals surface area contributed by atoms with Crippen molar-refractivity contribution in [2.45, 2.75) is 26.7 Å². The van der Waals surface area contributed by atoms with Crippen LogP contribution in [0, 0.1) is 6.92 Å². The summed E-state index contributed by atoms with van der Waals surface area (Å²) in [5, 5.41) is 0. The molecule has 0 spiro atoms. The van der Waals surface area contributed by atoms with Crippen LogP contribution >= 0.6 is 0 Å². The predicted octanol–water partition coefficient (Wildman–Crippen LogP) is 3.75. The fraction of sp³-hybridized carbons (Fsp3) is 0.263. The van der Waals surface area contributed by atoms with Crippen molar-refractivity contribution in [1.29, 1.82) is 0 Å². The van der Waals surface area contributed by atoms with Gasteiger partial charge in [0.25, 0.3) is 0 Å². The van der Waals surface area contributed by atoms with Crippen molar-refractivity contribution in [3.8, 4) is 5.75 Å². The van der Waals surface area contributed by atoms with E-state index < -0.39 is 5.97 Å². The summed E-state index contributed by atoms with van der Waals surface area (Å²) in [4.78, 5) is 23.9. The van der Waals surface area contributed by atoms with Crippen molar-refractivity contribution in [2.75, 3.05) is 12.3 Å². The van der Waals surface area contributed by atoms with E-state index in [4.69, 9.17) is 15.2 Å². The highest BCUT2D eigenvalue weighted by atomic mass is 16.5. The summed E-state index contributed by atoms with van der Waals surface area (Å²) in [6, 6.07) is 11.3. The van der Waals surface area contributed by atoms with Crippen LogP contribution in [0.5, 0.6) is 5.75 Å². The molecule has 0 aliphatic rings. The quantitative estimate of drug-likeness (QED) is 0.378. The van der Waals surface area contributed by atoms with Gasteiger partial charge in [-0.3, -0.25) is 0 Å². The topological polar surface area (TPSA) is 78.6 Å². The molecule has 2 aromatic rings. The van der Waals surface area contributed by atoms with E-state index in [9.17, 15) is 9.59 Å². The zero-order valence-corrected chi connectivity index (χ0v) is 13.9. The normalized spacial score (nSPS) is 10.2. The highest BCUT2D eigenvalue weighted by Gasteiger charge is 2.11. The van der Waals surface area contributed by atoms with Crippen LogP contribution < -0.4 is 10.5 Å². The van der Waals surface area contributed by atoms with Crippen molar-refractivity contribution < 1.29 is 19.1 Å². The van der Waals surface area contributed by atoms with Gasteiger partial charge in [0.2, 0.25) is 0 Å². The van der Waals surface area contributed by atoms with Crippen molar-refractivity contribution >= 4 is 17.6 Å². The van der Waals surface area contributed by atoms with Crippen LogP contribution in [0.3, 0.4) is 0 Å². The first kappa shape index (κ1) is 17.5. The van der Waals surface area contributed by atoms with Crippen LogP contribution in [0.4, 0.5) is 5.69 Å². The maximum Gasteiger partial charge on any atom is 0.343 e. The zero-order chi connectivity index (χ0) is 17.5. The number of hydrogen-bond donors (Lipinski definition) is 1. The number of ether oxygens (including phenoxy) is 2. The van der Waals surface area contributed by atoms with E-state index in [1.165, 1.54) is 0 Å². The first-order valence-electron chi connectivity index (χ1n) is 7.86. The Hall–Kier alpha value is -2.82. The monoisotopic (exact) mass is 327 g/mol. The van der Waals surface area contributed by atoms with Crippen LogP contribution in [0.15, 0.2) is 42.5 Å². The van der Waals surface area contributed by atoms with Crippen molar-refractivity contribution in [3.63, 3.8) is 0 Å². The van der Waals surface area contributed by atoms with E-state index in [0.29, 0.717) is 29.2 Å². The van der Waals surface area contributed by atoms with E-state index in [1.54, 1.807) is 42.5 Å². The third kappa shape index (κ3) is 4.59. The Bertz CT molecular complexity index is 723. The molecule has 0 saturated carbocycles. The molecule has 126 valence electrons. The third-order valence-electron chi connectivity index (χ3n) is 3.55. The minimum atomic E-state index is -0.500. The van der Waals surface area contributed by atoms with E-state index >= 15 is 0 Å². The molecule has 5 heteroatoms. The van der Waals surface area contributed by atoms with Crippen molar-refractivity contribution in [1.82, 2.24) is 0 Å². The standard InChI is InChI=1S/C19H21NO4/c1-3-4-11-23-18(21)14-7-9-16(10-8-14)24-19(22)15-6-5-13(2)17(20)12-15/h5-10,12H,3-4,11,20H2,1-2H3. The highest BCUT2D eigenvalue weighted by molar-refractivity contribution is 5.92. The number of nitrogens with two attached hydrogens (primary N) is 1. The summed E-state index contributed by atoms with van der Waals surface area (Å²) in [7, 11) is 0. The van der Waals surface area contributed by atoms with Gasteiger partial charge >= 0.3 is 11.9 Å². The first-order valence-corrected chi connectivity index (χ1v) is 7.86. The lowest BCUT2D eigenvalue weighted by molar-refractivity contribution is 0.0499. The maximum atomic E-state index is 12.1. The number of rotatable bonds is 6. The fourth-order valence-electron chi connectivity index (χ4n) is 1.99. The minimum Gasteiger partial charge on any atom is -0.462 e. The second kappa shape index (κ2) is 8.15. The molecule has 0 aliphatic carbocycles. The Morgan fingerprint density at radius 1 is 1.00 bits per heavy atom. The van der Waals surface area contributed by atoms with Gasteiger partial charge in [-0.2, -0.15) is 0 Å². The number of unbranched alkanes of at least 4 members (excludes halogenated alkanes) is 1. The molecule has 0 aliphatic heterocycles. The molecule has 2 rings (SSSR count). The lowest BCUT2D eigenvalue weighted by Gasteiger charge is -2.07. The largest absolute Gasteiger partial charge is 0.462 e. The van der Waals surface area contributed by atoms with Crippen molar-refractivity contribution in [3.05, 3.63) is 59.2 Å². The number of carbonyl (C=O) groups excluding carboxylic acids is 2. The Morgan fingerprint density at radius 3 is 2.29 bits per heavy atom. The first-order chi connectivity index (χ1) is 11.5. The summed E-state index contributed by atoms with van der Waals surface area (Å²) >= 11 is 0. The number of esters is 2. The van der Waals surface area contributed by atoms with E-state index in [2.05, 4.69) is 0 Å². The molecule has 0 amide bonds. The molecule has 5 nitrogen and oxygen atoms in total. The summed E-state index contributed by atoms with van der Waals surface area (Å²) in [5.41, 5.74) is 8.03. The average molecular weight is 327 g/mol. The predicted molar refractivity (Wildman–Crippen MR) is 92.2 cm³/mol. The lowest BCUT2D eigenvalue weighted by Crippen LogP contribution is -2.10. The average Bonchev–Trinajstić information content (AvgIpc) is 2.58. The number of benzene rings is 2. The molecule has 24 heavy (non-hydrogen) atoms. The smallest absolute Gasteiger partial charge is 0.343 e.